The Hall–Kier alpha value is -3.06. The second-order valence-electron chi connectivity index (χ2n) is 9.22. The molecule has 0 saturated carbocycles. The summed E-state index contributed by atoms with van der Waals surface area (Å²) in [6, 6.07) is 18.6. The molecule has 1 saturated heterocycles. The summed E-state index contributed by atoms with van der Waals surface area (Å²) in [4.78, 5) is 0. The molecular weight excluding hydrogens is 484 g/mol. The summed E-state index contributed by atoms with van der Waals surface area (Å²) < 4.78 is 72.7. The molecule has 3 aromatic rings. The molecule has 2 atom stereocenters. The lowest BCUT2D eigenvalue weighted by Crippen LogP contribution is -2.23. The molecule has 0 radical (unpaired) electrons. The molecule has 0 N–H and O–H groups in total. The highest BCUT2D eigenvalue weighted by molar-refractivity contribution is 5.64. The van der Waals surface area contributed by atoms with Gasteiger partial charge in [0.1, 0.15) is 5.75 Å². The SMILES string of the molecule is CCCCOc1ccc(-c2ccc(C3CCC(c4ccc(OCC)c(F)c4C(F)(F)F)CO3)cc2)cc1. The fourth-order valence-electron chi connectivity index (χ4n) is 4.70. The van der Waals surface area contributed by atoms with Gasteiger partial charge in [-0.25, -0.2) is 4.39 Å². The van der Waals surface area contributed by atoms with Gasteiger partial charge < -0.3 is 14.2 Å². The van der Waals surface area contributed by atoms with E-state index in [-0.39, 0.29) is 30.6 Å². The van der Waals surface area contributed by atoms with Gasteiger partial charge in [0.15, 0.2) is 11.6 Å². The van der Waals surface area contributed by atoms with Crippen LogP contribution < -0.4 is 9.47 Å². The third kappa shape index (κ3) is 6.45. The number of ether oxygens (including phenoxy) is 3. The van der Waals surface area contributed by atoms with Crippen molar-refractivity contribution in [2.45, 2.75) is 57.7 Å². The molecule has 1 aliphatic heterocycles. The summed E-state index contributed by atoms with van der Waals surface area (Å²) in [5.74, 6) is -1.44. The van der Waals surface area contributed by atoms with Gasteiger partial charge in [0.25, 0.3) is 0 Å². The molecule has 7 heteroatoms. The second-order valence-corrected chi connectivity index (χ2v) is 9.22. The lowest BCUT2D eigenvalue weighted by atomic mass is 9.86. The summed E-state index contributed by atoms with van der Waals surface area (Å²) in [5, 5.41) is 0. The molecule has 1 fully saturated rings. The first kappa shape index (κ1) is 27.0. The minimum atomic E-state index is -4.82. The summed E-state index contributed by atoms with van der Waals surface area (Å²) in [6.45, 7) is 4.60. The second kappa shape index (κ2) is 12.0. The zero-order valence-electron chi connectivity index (χ0n) is 21.1. The van der Waals surface area contributed by atoms with Crippen LogP contribution in [0, 0.1) is 5.82 Å². The predicted octanol–water partition coefficient (Wildman–Crippen LogP) is 8.72. The van der Waals surface area contributed by atoms with Gasteiger partial charge in [0.05, 0.1) is 31.5 Å². The number of halogens is 4. The Bertz CT molecular complexity index is 1150. The first-order valence-corrected chi connectivity index (χ1v) is 12.8. The van der Waals surface area contributed by atoms with Crippen LogP contribution in [0.3, 0.4) is 0 Å². The van der Waals surface area contributed by atoms with Crippen molar-refractivity contribution >= 4 is 0 Å². The summed E-state index contributed by atoms with van der Waals surface area (Å²) in [5.41, 5.74) is 1.75. The van der Waals surface area contributed by atoms with Gasteiger partial charge >= 0.3 is 6.18 Å². The molecule has 0 aromatic heterocycles. The maximum atomic E-state index is 14.7. The number of unbranched alkanes of at least 4 members (excludes halogenated alkanes) is 1. The lowest BCUT2D eigenvalue weighted by Gasteiger charge is -2.31. The highest BCUT2D eigenvalue weighted by Crippen LogP contribution is 2.44. The van der Waals surface area contributed by atoms with Gasteiger partial charge in [-0.15, -0.1) is 0 Å². The average Bonchev–Trinajstić information content (AvgIpc) is 2.90. The van der Waals surface area contributed by atoms with Crippen LogP contribution in [-0.4, -0.2) is 19.8 Å². The zero-order valence-corrected chi connectivity index (χ0v) is 21.1. The van der Waals surface area contributed by atoms with E-state index in [1.165, 1.54) is 12.1 Å². The summed E-state index contributed by atoms with van der Waals surface area (Å²) in [6.07, 6.45) is -1.93. The molecular formula is C30H32F4O3. The first-order valence-electron chi connectivity index (χ1n) is 12.8. The predicted molar refractivity (Wildman–Crippen MR) is 136 cm³/mol. The number of rotatable bonds is 9. The molecule has 0 bridgehead atoms. The van der Waals surface area contributed by atoms with E-state index in [2.05, 4.69) is 6.92 Å². The van der Waals surface area contributed by atoms with Crippen LogP contribution in [0.1, 0.15) is 68.2 Å². The van der Waals surface area contributed by atoms with Crippen LogP contribution in [0.4, 0.5) is 17.6 Å². The molecule has 4 rings (SSSR count). The van der Waals surface area contributed by atoms with Crippen LogP contribution in [0.2, 0.25) is 0 Å². The Morgan fingerprint density at radius 1 is 0.865 bits per heavy atom. The van der Waals surface area contributed by atoms with Gasteiger partial charge in [-0.2, -0.15) is 13.2 Å². The number of alkyl halides is 3. The van der Waals surface area contributed by atoms with E-state index >= 15 is 0 Å². The summed E-state index contributed by atoms with van der Waals surface area (Å²) >= 11 is 0. The zero-order chi connectivity index (χ0) is 26.4. The molecule has 0 amide bonds. The van der Waals surface area contributed by atoms with Crippen molar-refractivity contribution in [2.24, 2.45) is 0 Å². The third-order valence-corrected chi connectivity index (χ3v) is 6.67. The smallest absolute Gasteiger partial charge is 0.419 e. The van der Waals surface area contributed by atoms with E-state index in [0.29, 0.717) is 19.4 Å². The quantitative estimate of drug-likeness (QED) is 0.210. The molecule has 2 unspecified atom stereocenters. The molecule has 3 aromatic carbocycles. The van der Waals surface area contributed by atoms with Crippen LogP contribution in [-0.2, 0) is 10.9 Å². The van der Waals surface area contributed by atoms with Crippen molar-refractivity contribution in [2.75, 3.05) is 19.8 Å². The maximum absolute atomic E-state index is 14.7. The molecule has 198 valence electrons. The van der Waals surface area contributed by atoms with E-state index in [9.17, 15) is 17.6 Å². The average molecular weight is 517 g/mol. The fourth-order valence-corrected chi connectivity index (χ4v) is 4.70. The van der Waals surface area contributed by atoms with Gasteiger partial charge in [-0.05, 0) is 66.6 Å². The normalized spacial score (nSPS) is 18.0. The molecule has 1 aliphatic rings. The molecule has 1 heterocycles. The van der Waals surface area contributed by atoms with Crippen LogP contribution in [0.25, 0.3) is 11.1 Å². The largest absolute Gasteiger partial charge is 0.494 e. The molecule has 37 heavy (non-hydrogen) atoms. The highest BCUT2D eigenvalue weighted by Gasteiger charge is 2.41. The van der Waals surface area contributed by atoms with Crippen molar-refractivity contribution in [3.63, 3.8) is 0 Å². The minimum Gasteiger partial charge on any atom is -0.494 e. The Morgan fingerprint density at radius 3 is 2.11 bits per heavy atom. The number of hydrogen-bond acceptors (Lipinski definition) is 3. The Labute approximate surface area is 215 Å². The monoisotopic (exact) mass is 516 g/mol. The van der Waals surface area contributed by atoms with Gasteiger partial charge in [0.2, 0.25) is 0 Å². The molecule has 0 spiro atoms. The maximum Gasteiger partial charge on any atom is 0.419 e. The van der Waals surface area contributed by atoms with E-state index in [1.807, 2.05) is 48.5 Å². The number of hydrogen-bond donors (Lipinski definition) is 0. The van der Waals surface area contributed by atoms with Crippen LogP contribution in [0.15, 0.2) is 60.7 Å². The van der Waals surface area contributed by atoms with Crippen molar-refractivity contribution in [1.82, 2.24) is 0 Å². The third-order valence-electron chi connectivity index (χ3n) is 6.67. The standard InChI is InChI=1S/C30H32F4O3/c1-3-5-18-36-24-13-10-21(11-14-24)20-6-8-22(9-7-20)26-16-12-23(19-37-26)25-15-17-27(35-4-2)29(31)28(25)30(32,33)34/h6-11,13-15,17,23,26H,3-5,12,16,18-19H2,1-2H3. The Balaban J connectivity index is 1.42. The van der Waals surface area contributed by atoms with E-state index < -0.39 is 23.5 Å². The molecule has 0 aliphatic carbocycles. The van der Waals surface area contributed by atoms with Crippen molar-refractivity contribution in [1.29, 1.82) is 0 Å². The first-order chi connectivity index (χ1) is 17.8. The van der Waals surface area contributed by atoms with E-state index in [1.54, 1.807) is 6.92 Å². The summed E-state index contributed by atoms with van der Waals surface area (Å²) in [7, 11) is 0. The van der Waals surface area contributed by atoms with Gasteiger partial charge in [-0.1, -0.05) is 55.8 Å². The minimum absolute atomic E-state index is 0.0793. The fraction of sp³-hybridized carbons (Fsp3) is 0.400. The van der Waals surface area contributed by atoms with Gasteiger partial charge in [0, 0.05) is 5.92 Å². The number of benzene rings is 3. The van der Waals surface area contributed by atoms with E-state index in [4.69, 9.17) is 14.2 Å². The molecule has 3 nitrogen and oxygen atoms in total. The topological polar surface area (TPSA) is 27.7 Å². The van der Waals surface area contributed by atoms with Crippen molar-refractivity contribution in [3.05, 3.63) is 83.2 Å². The Morgan fingerprint density at radius 2 is 1.54 bits per heavy atom. The van der Waals surface area contributed by atoms with Crippen LogP contribution >= 0.6 is 0 Å². The van der Waals surface area contributed by atoms with Crippen LogP contribution in [0.5, 0.6) is 11.5 Å². The lowest BCUT2D eigenvalue weighted by molar-refractivity contribution is -0.141. The van der Waals surface area contributed by atoms with Crippen molar-refractivity contribution in [3.8, 4) is 22.6 Å². The Kier molecular flexibility index (Phi) is 8.75. The van der Waals surface area contributed by atoms with E-state index in [0.717, 1.165) is 35.3 Å². The van der Waals surface area contributed by atoms with Gasteiger partial charge in [-0.3, -0.25) is 0 Å². The van der Waals surface area contributed by atoms with Crippen molar-refractivity contribution < 1.29 is 31.8 Å². The highest BCUT2D eigenvalue weighted by atomic mass is 19.4.